The maximum atomic E-state index is 6.00. The number of hydrogen-bond acceptors (Lipinski definition) is 5. The highest BCUT2D eigenvalue weighted by molar-refractivity contribution is 6.02. The minimum absolute atomic E-state index is 0.433. The van der Waals surface area contributed by atoms with E-state index in [2.05, 4.69) is 36.2 Å². The highest BCUT2D eigenvalue weighted by Gasteiger charge is 2.22. The third-order valence-corrected chi connectivity index (χ3v) is 5.60. The van der Waals surface area contributed by atoms with Crippen molar-refractivity contribution in [1.82, 2.24) is 0 Å². The van der Waals surface area contributed by atoms with Gasteiger partial charge in [-0.2, -0.15) is 5.10 Å². The van der Waals surface area contributed by atoms with Crippen molar-refractivity contribution in [2.24, 2.45) is 16.0 Å². The van der Waals surface area contributed by atoms with Crippen molar-refractivity contribution >= 4 is 17.3 Å². The van der Waals surface area contributed by atoms with E-state index in [1.54, 1.807) is 10.6 Å². The predicted molar refractivity (Wildman–Crippen MR) is 118 cm³/mol. The van der Waals surface area contributed by atoms with Gasteiger partial charge in [-0.15, -0.1) is 5.10 Å². The van der Waals surface area contributed by atoms with E-state index in [-0.39, 0.29) is 0 Å². The van der Waals surface area contributed by atoms with Crippen LogP contribution in [0.15, 0.2) is 51.2 Å². The summed E-state index contributed by atoms with van der Waals surface area (Å²) in [7, 11) is 1.84. The molecule has 1 aromatic carbocycles. The Bertz CT molecular complexity index is 846. The van der Waals surface area contributed by atoms with Gasteiger partial charge in [0, 0.05) is 19.0 Å². The topological polar surface area (TPSA) is 63.2 Å². The molecule has 1 aromatic rings. The fourth-order valence-electron chi connectivity index (χ4n) is 4.03. The van der Waals surface area contributed by atoms with Gasteiger partial charge in [-0.05, 0) is 68.7 Å². The molecular weight excluding hydrogens is 348 g/mol. The van der Waals surface area contributed by atoms with E-state index in [9.17, 15) is 0 Å². The summed E-state index contributed by atoms with van der Waals surface area (Å²) in [5, 5.41) is 10.6. The zero-order chi connectivity index (χ0) is 20.1. The van der Waals surface area contributed by atoms with Crippen LogP contribution in [0.3, 0.4) is 0 Å². The third kappa shape index (κ3) is 4.53. The van der Waals surface area contributed by atoms with E-state index in [4.69, 9.17) is 10.6 Å². The zero-order valence-electron chi connectivity index (χ0n) is 17.6. The van der Waals surface area contributed by atoms with E-state index in [0.29, 0.717) is 18.9 Å². The summed E-state index contributed by atoms with van der Waals surface area (Å²) in [6, 6.07) is 6.07. The van der Waals surface area contributed by atoms with Gasteiger partial charge in [0.1, 0.15) is 6.61 Å². The molecule has 0 spiro atoms. The lowest BCUT2D eigenvalue weighted by Crippen LogP contribution is -2.26. The quantitative estimate of drug-likeness (QED) is 0.319. The molecule has 0 heterocycles. The molecule has 0 aliphatic heterocycles. The monoisotopic (exact) mass is 380 g/mol. The van der Waals surface area contributed by atoms with Crippen LogP contribution in [-0.4, -0.2) is 18.7 Å². The molecule has 0 amide bonds. The van der Waals surface area contributed by atoms with Crippen LogP contribution in [0.25, 0.3) is 0 Å². The summed E-state index contributed by atoms with van der Waals surface area (Å²) in [5.74, 6) is 6.60. The average Bonchev–Trinajstić information content (AvgIpc) is 3.17. The Morgan fingerprint density at radius 3 is 2.79 bits per heavy atom. The molecule has 0 atom stereocenters. The summed E-state index contributed by atoms with van der Waals surface area (Å²) < 4.78 is 6.00. The lowest BCUT2D eigenvalue weighted by atomic mass is 9.90. The van der Waals surface area contributed by atoms with Crippen molar-refractivity contribution in [3.63, 3.8) is 0 Å². The number of anilines is 1. The van der Waals surface area contributed by atoms with Crippen molar-refractivity contribution in [2.45, 2.75) is 65.9 Å². The smallest absolute Gasteiger partial charge is 0.208 e. The number of aryl methyl sites for hydroxylation is 1. The fourth-order valence-corrected chi connectivity index (χ4v) is 4.03. The second-order valence-electron chi connectivity index (χ2n) is 7.60. The number of nitrogens with two attached hydrogens (primary N) is 1. The molecule has 2 N–H and O–H groups in total. The summed E-state index contributed by atoms with van der Waals surface area (Å²) in [5.41, 5.74) is 8.61. The Hall–Kier alpha value is -2.40. The number of rotatable bonds is 6. The van der Waals surface area contributed by atoms with Gasteiger partial charge in [-0.1, -0.05) is 30.7 Å². The van der Waals surface area contributed by atoms with Gasteiger partial charge in [-0.25, -0.2) is 5.84 Å². The van der Waals surface area contributed by atoms with Gasteiger partial charge in [-0.3, -0.25) is 0 Å². The fraction of sp³-hybridized carbons (Fsp3) is 0.478. The number of benzene rings is 1. The summed E-state index contributed by atoms with van der Waals surface area (Å²) in [6.07, 6.45) is 9.05. The van der Waals surface area contributed by atoms with Crippen molar-refractivity contribution in [3.8, 4) is 0 Å². The number of nitrogens with zero attached hydrogens (tertiary/aromatic N) is 3. The summed E-state index contributed by atoms with van der Waals surface area (Å²) in [6.45, 7) is 6.59. The van der Waals surface area contributed by atoms with Crippen molar-refractivity contribution < 1.29 is 4.74 Å². The largest absolute Gasteiger partial charge is 0.475 e. The molecule has 0 bridgehead atoms. The Kier molecular flexibility index (Phi) is 6.68. The first-order valence-corrected chi connectivity index (χ1v) is 10.2. The zero-order valence-corrected chi connectivity index (χ0v) is 17.6. The van der Waals surface area contributed by atoms with Crippen molar-refractivity contribution in [3.05, 3.63) is 52.1 Å². The van der Waals surface area contributed by atoms with E-state index in [1.165, 1.54) is 36.8 Å². The molecule has 3 rings (SSSR count). The second-order valence-corrected chi connectivity index (χ2v) is 7.60. The summed E-state index contributed by atoms with van der Waals surface area (Å²) >= 11 is 0. The molecule has 0 saturated heterocycles. The number of hydrazine groups is 1. The molecule has 5 nitrogen and oxygen atoms in total. The minimum atomic E-state index is 0.433. The number of ether oxygens (including phenoxy) is 1. The van der Waals surface area contributed by atoms with Crippen LogP contribution in [0.4, 0.5) is 5.69 Å². The van der Waals surface area contributed by atoms with Crippen molar-refractivity contribution in [2.75, 3.05) is 12.1 Å². The molecule has 150 valence electrons. The van der Waals surface area contributed by atoms with Gasteiger partial charge in [0.25, 0.3) is 0 Å². The standard InChI is InChI=1S/C23H32N4O/c1-5-23(28-15-21-16(2)9-6-14-22(21)27(4)24)26-25-17(3)19-12-7-10-18-11-8-13-20(18)19/h6,9,12,14H,5,7-8,10-11,13,15,24H2,1-4H3. The molecule has 0 saturated carbocycles. The molecule has 2 aliphatic rings. The van der Waals surface area contributed by atoms with Gasteiger partial charge in [0.15, 0.2) is 0 Å². The molecule has 0 radical (unpaired) electrons. The van der Waals surface area contributed by atoms with Crippen LogP contribution in [0.2, 0.25) is 0 Å². The van der Waals surface area contributed by atoms with Gasteiger partial charge in [0.05, 0.1) is 11.4 Å². The van der Waals surface area contributed by atoms with Crippen LogP contribution < -0.4 is 10.9 Å². The maximum absolute atomic E-state index is 6.00. The van der Waals surface area contributed by atoms with Crippen LogP contribution >= 0.6 is 0 Å². The van der Waals surface area contributed by atoms with Gasteiger partial charge < -0.3 is 9.75 Å². The lowest BCUT2D eigenvalue weighted by Gasteiger charge is -2.19. The molecule has 28 heavy (non-hydrogen) atoms. The molecule has 0 aromatic heterocycles. The Labute approximate surface area is 168 Å². The molecule has 5 heteroatoms. The van der Waals surface area contributed by atoms with E-state index < -0.39 is 0 Å². The lowest BCUT2D eigenvalue weighted by molar-refractivity contribution is 0.283. The first kappa shape index (κ1) is 20.3. The average molecular weight is 381 g/mol. The van der Waals surface area contributed by atoms with Crippen LogP contribution in [0, 0.1) is 6.92 Å². The van der Waals surface area contributed by atoms with Crippen LogP contribution in [-0.2, 0) is 11.3 Å². The maximum Gasteiger partial charge on any atom is 0.208 e. The molecule has 2 aliphatic carbocycles. The Morgan fingerprint density at radius 2 is 2.04 bits per heavy atom. The van der Waals surface area contributed by atoms with Crippen LogP contribution in [0.5, 0.6) is 0 Å². The molecule has 0 unspecified atom stereocenters. The third-order valence-electron chi connectivity index (χ3n) is 5.60. The first-order valence-electron chi connectivity index (χ1n) is 10.2. The summed E-state index contributed by atoms with van der Waals surface area (Å²) in [4.78, 5) is 0. The SMILES string of the molecule is CCC(=NN=C(C)C1=CCCC2=C1CCC2)OCc1c(C)cccc1N(C)N. The normalized spacial score (nSPS) is 17.5. The highest BCUT2D eigenvalue weighted by atomic mass is 16.5. The van der Waals surface area contributed by atoms with Gasteiger partial charge in [0.2, 0.25) is 5.90 Å². The molecule has 0 fully saturated rings. The van der Waals surface area contributed by atoms with Gasteiger partial charge >= 0.3 is 0 Å². The Balaban J connectivity index is 1.73. The molecular formula is C23H32N4O. The number of allylic oxidation sites excluding steroid dienone is 4. The Morgan fingerprint density at radius 1 is 1.21 bits per heavy atom. The van der Waals surface area contributed by atoms with E-state index in [1.807, 2.05) is 26.1 Å². The van der Waals surface area contributed by atoms with E-state index >= 15 is 0 Å². The first-order chi connectivity index (χ1) is 13.5. The minimum Gasteiger partial charge on any atom is -0.475 e. The predicted octanol–water partition coefficient (Wildman–Crippen LogP) is 5.21. The highest BCUT2D eigenvalue weighted by Crippen LogP contribution is 2.38. The number of hydrogen-bond donors (Lipinski definition) is 1. The van der Waals surface area contributed by atoms with E-state index in [0.717, 1.165) is 28.9 Å². The van der Waals surface area contributed by atoms with Crippen LogP contribution in [0.1, 0.15) is 63.5 Å². The van der Waals surface area contributed by atoms with Crippen molar-refractivity contribution in [1.29, 1.82) is 0 Å². The second kappa shape index (κ2) is 9.20.